The van der Waals surface area contributed by atoms with Gasteiger partial charge in [-0.2, -0.15) is 0 Å². The Labute approximate surface area is 105 Å². The van der Waals surface area contributed by atoms with Gasteiger partial charge in [0, 0.05) is 17.9 Å². The average Bonchev–Trinajstić information content (AvgIpc) is 2.72. The zero-order valence-corrected chi connectivity index (χ0v) is 11.5. The second-order valence-electron chi connectivity index (χ2n) is 3.96. The molecule has 0 atom stereocenters. The van der Waals surface area contributed by atoms with Crippen molar-refractivity contribution in [1.82, 2.24) is 14.9 Å². The quantitative estimate of drug-likeness (QED) is 0.843. The van der Waals surface area contributed by atoms with Crippen LogP contribution in [-0.4, -0.2) is 26.3 Å². The molecule has 1 aromatic rings. The number of halogens is 1. The first-order valence-electron chi connectivity index (χ1n) is 5.43. The normalized spacial score (nSPS) is 11.5. The van der Waals surface area contributed by atoms with E-state index >= 15 is 0 Å². The molecule has 16 heavy (non-hydrogen) atoms. The lowest BCUT2D eigenvalue weighted by Gasteiger charge is -2.30. The SMILES string of the molecule is CCC(CC)(CBr)NC(=O)c1cncn1C. The molecule has 0 bridgehead atoms. The third-order valence-electron chi connectivity index (χ3n) is 3.04. The van der Waals surface area contributed by atoms with Gasteiger partial charge in [0.1, 0.15) is 5.69 Å². The smallest absolute Gasteiger partial charge is 0.270 e. The van der Waals surface area contributed by atoms with Crippen molar-refractivity contribution in [2.75, 3.05) is 5.33 Å². The molecular weight excluding hydrogens is 270 g/mol. The van der Waals surface area contributed by atoms with Crippen LogP contribution in [-0.2, 0) is 7.05 Å². The molecule has 1 N–H and O–H groups in total. The van der Waals surface area contributed by atoms with Gasteiger partial charge in [0.15, 0.2) is 0 Å². The monoisotopic (exact) mass is 287 g/mol. The molecule has 1 rings (SSSR count). The molecule has 0 aliphatic rings. The van der Waals surface area contributed by atoms with E-state index in [0.29, 0.717) is 5.69 Å². The van der Waals surface area contributed by atoms with Crippen LogP contribution in [0.3, 0.4) is 0 Å². The van der Waals surface area contributed by atoms with E-state index in [4.69, 9.17) is 0 Å². The van der Waals surface area contributed by atoms with Crippen LogP contribution in [0.1, 0.15) is 37.2 Å². The molecule has 0 saturated heterocycles. The second kappa shape index (κ2) is 5.48. The van der Waals surface area contributed by atoms with E-state index in [9.17, 15) is 4.79 Å². The number of alkyl halides is 1. The Bertz CT molecular complexity index is 350. The van der Waals surface area contributed by atoms with Crippen molar-refractivity contribution in [2.24, 2.45) is 7.05 Å². The topological polar surface area (TPSA) is 46.9 Å². The van der Waals surface area contributed by atoms with Crippen LogP contribution in [0.4, 0.5) is 0 Å². The third kappa shape index (κ3) is 2.64. The highest BCUT2D eigenvalue weighted by molar-refractivity contribution is 9.09. The maximum Gasteiger partial charge on any atom is 0.270 e. The maximum atomic E-state index is 12.0. The summed E-state index contributed by atoms with van der Waals surface area (Å²) in [6, 6.07) is 0. The number of carbonyl (C=O) groups is 1. The van der Waals surface area contributed by atoms with Crippen LogP contribution < -0.4 is 5.32 Å². The lowest BCUT2D eigenvalue weighted by Crippen LogP contribution is -2.49. The molecule has 5 heteroatoms. The average molecular weight is 288 g/mol. The highest BCUT2D eigenvalue weighted by Crippen LogP contribution is 2.18. The first-order valence-corrected chi connectivity index (χ1v) is 6.55. The first-order chi connectivity index (χ1) is 7.58. The molecule has 0 aliphatic heterocycles. The number of imidazole rings is 1. The van der Waals surface area contributed by atoms with Gasteiger partial charge in [-0.3, -0.25) is 4.79 Å². The molecule has 4 nitrogen and oxygen atoms in total. The summed E-state index contributed by atoms with van der Waals surface area (Å²) in [5.41, 5.74) is 0.425. The molecule has 0 aliphatic carbocycles. The van der Waals surface area contributed by atoms with Crippen LogP contribution >= 0.6 is 15.9 Å². The third-order valence-corrected chi connectivity index (χ3v) is 4.11. The lowest BCUT2D eigenvalue weighted by molar-refractivity contribution is 0.0895. The van der Waals surface area contributed by atoms with Crippen molar-refractivity contribution in [2.45, 2.75) is 32.2 Å². The van der Waals surface area contributed by atoms with Gasteiger partial charge in [-0.15, -0.1) is 0 Å². The van der Waals surface area contributed by atoms with Gasteiger partial charge in [0.2, 0.25) is 0 Å². The Balaban J connectivity index is 2.81. The number of amides is 1. The molecule has 0 fully saturated rings. The molecule has 1 amide bonds. The van der Waals surface area contributed by atoms with Gasteiger partial charge in [-0.1, -0.05) is 29.8 Å². The number of hydrogen-bond donors (Lipinski definition) is 1. The van der Waals surface area contributed by atoms with Crippen molar-refractivity contribution in [1.29, 1.82) is 0 Å². The van der Waals surface area contributed by atoms with E-state index in [-0.39, 0.29) is 11.4 Å². The molecule has 0 saturated carbocycles. The summed E-state index contributed by atoms with van der Waals surface area (Å²) in [5.74, 6) is -0.0665. The highest BCUT2D eigenvalue weighted by Gasteiger charge is 2.27. The van der Waals surface area contributed by atoms with Gasteiger partial charge >= 0.3 is 0 Å². The zero-order valence-electron chi connectivity index (χ0n) is 9.96. The Morgan fingerprint density at radius 1 is 1.56 bits per heavy atom. The summed E-state index contributed by atoms with van der Waals surface area (Å²) in [4.78, 5) is 16.0. The van der Waals surface area contributed by atoms with Gasteiger partial charge in [-0.05, 0) is 12.8 Å². The van der Waals surface area contributed by atoms with Gasteiger partial charge in [0.25, 0.3) is 5.91 Å². The van der Waals surface area contributed by atoms with E-state index in [2.05, 4.69) is 40.1 Å². The molecule has 90 valence electrons. The summed E-state index contributed by atoms with van der Waals surface area (Å²) in [7, 11) is 1.82. The minimum absolute atomic E-state index is 0.0665. The molecule has 1 aromatic heterocycles. The van der Waals surface area contributed by atoms with Crippen molar-refractivity contribution in [3.63, 3.8) is 0 Å². The summed E-state index contributed by atoms with van der Waals surface area (Å²) >= 11 is 3.47. The minimum atomic E-state index is -0.165. The van der Waals surface area contributed by atoms with Crippen molar-refractivity contribution >= 4 is 21.8 Å². The molecule has 1 heterocycles. The molecule has 0 spiro atoms. The van der Waals surface area contributed by atoms with E-state index < -0.39 is 0 Å². The van der Waals surface area contributed by atoms with Crippen LogP contribution in [0, 0.1) is 0 Å². The van der Waals surface area contributed by atoms with Crippen LogP contribution in [0.2, 0.25) is 0 Å². The maximum absolute atomic E-state index is 12.0. The molecule has 0 aromatic carbocycles. The molecule has 0 radical (unpaired) electrons. The Morgan fingerprint density at radius 2 is 2.19 bits per heavy atom. The molecular formula is C11H18BrN3O. The summed E-state index contributed by atoms with van der Waals surface area (Å²) in [6.07, 6.45) is 5.01. The largest absolute Gasteiger partial charge is 0.344 e. The molecule has 0 unspecified atom stereocenters. The number of rotatable bonds is 5. The Morgan fingerprint density at radius 3 is 2.56 bits per heavy atom. The number of aryl methyl sites for hydroxylation is 1. The fourth-order valence-corrected chi connectivity index (χ4v) is 2.46. The van der Waals surface area contributed by atoms with Crippen LogP contribution in [0.5, 0.6) is 0 Å². The fraction of sp³-hybridized carbons (Fsp3) is 0.636. The summed E-state index contributed by atoms with van der Waals surface area (Å²) in [5, 5.41) is 3.84. The van der Waals surface area contributed by atoms with E-state index in [1.807, 2.05) is 7.05 Å². The summed E-state index contributed by atoms with van der Waals surface area (Å²) < 4.78 is 1.72. The van der Waals surface area contributed by atoms with E-state index in [0.717, 1.165) is 18.2 Å². The lowest BCUT2D eigenvalue weighted by atomic mass is 9.95. The van der Waals surface area contributed by atoms with Crippen molar-refractivity contribution in [3.05, 3.63) is 18.2 Å². The van der Waals surface area contributed by atoms with Gasteiger partial charge < -0.3 is 9.88 Å². The van der Waals surface area contributed by atoms with E-state index in [1.165, 1.54) is 0 Å². The number of aromatic nitrogens is 2. The van der Waals surface area contributed by atoms with Gasteiger partial charge in [-0.25, -0.2) is 4.98 Å². The summed E-state index contributed by atoms with van der Waals surface area (Å²) in [6.45, 7) is 4.16. The Hall–Kier alpha value is -0.840. The van der Waals surface area contributed by atoms with Gasteiger partial charge in [0.05, 0.1) is 12.5 Å². The minimum Gasteiger partial charge on any atom is -0.344 e. The van der Waals surface area contributed by atoms with E-state index in [1.54, 1.807) is 17.1 Å². The van der Waals surface area contributed by atoms with Crippen molar-refractivity contribution < 1.29 is 4.79 Å². The predicted octanol–water partition coefficient (Wildman–Crippen LogP) is 2.10. The number of nitrogens with zero attached hydrogens (tertiary/aromatic N) is 2. The standard InChI is InChI=1S/C11H18BrN3O/c1-4-11(5-2,7-12)14-10(16)9-6-13-8-15(9)3/h6,8H,4-5,7H2,1-3H3,(H,14,16). The number of carbonyl (C=O) groups excluding carboxylic acids is 1. The number of nitrogens with one attached hydrogen (secondary N) is 1. The van der Waals surface area contributed by atoms with Crippen LogP contribution in [0.15, 0.2) is 12.5 Å². The first kappa shape index (κ1) is 13.2. The highest BCUT2D eigenvalue weighted by atomic mass is 79.9. The number of hydrogen-bond acceptors (Lipinski definition) is 2. The second-order valence-corrected chi connectivity index (χ2v) is 4.53. The zero-order chi connectivity index (χ0) is 12.2. The Kier molecular flexibility index (Phi) is 4.53. The van der Waals surface area contributed by atoms with Crippen LogP contribution in [0.25, 0.3) is 0 Å². The van der Waals surface area contributed by atoms with Crippen molar-refractivity contribution in [3.8, 4) is 0 Å². The predicted molar refractivity (Wildman–Crippen MR) is 67.8 cm³/mol. The fourth-order valence-electron chi connectivity index (χ4n) is 1.53.